The molecule has 1 fully saturated rings. The average molecular weight is 423 g/mol. The molecule has 3 heterocycles. The highest BCUT2D eigenvalue weighted by atomic mass is 32.2. The van der Waals surface area contributed by atoms with Gasteiger partial charge in [0.2, 0.25) is 5.89 Å². The number of fused-ring (bicyclic) bond motifs is 1. The number of oxazole rings is 1. The number of hydrogen-bond acceptors (Lipinski definition) is 7. The van der Waals surface area contributed by atoms with E-state index in [-0.39, 0.29) is 6.10 Å². The maximum absolute atomic E-state index is 5.87. The lowest BCUT2D eigenvalue weighted by atomic mass is 10.2. The average Bonchev–Trinajstić information content (AvgIpc) is 3.52. The van der Waals surface area contributed by atoms with Gasteiger partial charge in [0.25, 0.3) is 0 Å². The standard InChI is InChI=1S/C22H22N4O3S/c1-27-16-10-8-15(9-11-16)21-24-25-22(26(21)13-17-5-4-12-28-17)30-14-20-23-18-6-2-3-7-19(18)29-20/h2-3,6-11,17H,4-5,12-14H2,1H3/t17-/m0/s1. The molecule has 0 radical (unpaired) electrons. The number of hydrogen-bond donors (Lipinski definition) is 0. The molecule has 1 saturated heterocycles. The first-order valence-electron chi connectivity index (χ1n) is 9.96. The zero-order chi connectivity index (χ0) is 20.3. The quantitative estimate of drug-likeness (QED) is 0.404. The molecule has 5 rings (SSSR count). The van der Waals surface area contributed by atoms with Gasteiger partial charge in [-0.1, -0.05) is 23.9 Å². The molecule has 4 aromatic rings. The van der Waals surface area contributed by atoms with Crippen LogP contribution in [0.4, 0.5) is 0 Å². The minimum atomic E-state index is 0.182. The highest BCUT2D eigenvalue weighted by Crippen LogP contribution is 2.29. The summed E-state index contributed by atoms with van der Waals surface area (Å²) in [4.78, 5) is 4.56. The van der Waals surface area contributed by atoms with Crippen molar-refractivity contribution in [3.63, 3.8) is 0 Å². The SMILES string of the molecule is COc1ccc(-c2nnc(SCc3nc4ccccc4o3)n2C[C@@H]2CCCO2)cc1. The molecule has 1 atom stereocenters. The van der Waals surface area contributed by atoms with Crippen LogP contribution in [0.5, 0.6) is 5.75 Å². The molecular formula is C22H22N4O3S. The molecule has 0 bridgehead atoms. The van der Waals surface area contributed by atoms with Crippen LogP contribution in [0, 0.1) is 0 Å². The second-order valence-corrected chi connectivity index (χ2v) is 8.09. The summed E-state index contributed by atoms with van der Waals surface area (Å²) >= 11 is 1.57. The predicted molar refractivity (Wildman–Crippen MR) is 115 cm³/mol. The normalized spacial score (nSPS) is 16.4. The molecule has 1 aliphatic rings. The third kappa shape index (κ3) is 3.93. The molecule has 30 heavy (non-hydrogen) atoms. The van der Waals surface area contributed by atoms with Crippen molar-refractivity contribution in [3.8, 4) is 17.1 Å². The Hall–Kier alpha value is -2.84. The number of ether oxygens (including phenoxy) is 2. The fourth-order valence-electron chi connectivity index (χ4n) is 3.61. The largest absolute Gasteiger partial charge is 0.497 e. The Bertz CT molecular complexity index is 1100. The number of methoxy groups -OCH3 is 1. The van der Waals surface area contributed by atoms with Crippen LogP contribution < -0.4 is 4.74 Å². The van der Waals surface area contributed by atoms with Gasteiger partial charge in [-0.05, 0) is 49.2 Å². The van der Waals surface area contributed by atoms with Gasteiger partial charge >= 0.3 is 0 Å². The molecule has 7 nitrogen and oxygen atoms in total. The maximum Gasteiger partial charge on any atom is 0.205 e. The molecule has 0 aliphatic carbocycles. The van der Waals surface area contributed by atoms with Crippen molar-refractivity contribution in [1.82, 2.24) is 19.7 Å². The Morgan fingerprint density at radius 2 is 2.00 bits per heavy atom. The lowest BCUT2D eigenvalue weighted by Gasteiger charge is -2.14. The fraction of sp³-hybridized carbons (Fsp3) is 0.318. The van der Waals surface area contributed by atoms with E-state index in [1.807, 2.05) is 48.5 Å². The van der Waals surface area contributed by atoms with Crippen molar-refractivity contribution in [3.05, 3.63) is 54.4 Å². The van der Waals surface area contributed by atoms with Crippen LogP contribution in [-0.2, 0) is 17.0 Å². The summed E-state index contributed by atoms with van der Waals surface area (Å²) in [5, 5.41) is 9.78. The summed E-state index contributed by atoms with van der Waals surface area (Å²) in [6.07, 6.45) is 2.33. The molecule has 8 heteroatoms. The fourth-order valence-corrected chi connectivity index (χ4v) is 4.41. The van der Waals surface area contributed by atoms with Crippen LogP contribution in [0.15, 0.2) is 58.1 Å². The van der Waals surface area contributed by atoms with Crippen LogP contribution in [-0.4, -0.2) is 39.6 Å². The molecule has 1 aliphatic heterocycles. The van der Waals surface area contributed by atoms with Crippen molar-refractivity contribution in [1.29, 1.82) is 0 Å². The van der Waals surface area contributed by atoms with Gasteiger partial charge in [0.05, 0.1) is 25.5 Å². The summed E-state index contributed by atoms with van der Waals surface area (Å²) in [6, 6.07) is 15.7. The maximum atomic E-state index is 5.87. The molecule has 154 valence electrons. The van der Waals surface area contributed by atoms with E-state index in [0.29, 0.717) is 11.6 Å². The molecule has 2 aromatic heterocycles. The number of para-hydroxylation sites is 2. The summed E-state index contributed by atoms with van der Waals surface area (Å²) in [6.45, 7) is 1.54. The second kappa shape index (κ2) is 8.49. The third-order valence-corrected chi connectivity index (χ3v) is 6.09. The van der Waals surface area contributed by atoms with Crippen LogP contribution >= 0.6 is 11.8 Å². The Morgan fingerprint density at radius 3 is 2.77 bits per heavy atom. The molecule has 0 amide bonds. The monoisotopic (exact) mass is 422 g/mol. The number of aromatic nitrogens is 4. The highest BCUT2D eigenvalue weighted by molar-refractivity contribution is 7.98. The second-order valence-electron chi connectivity index (χ2n) is 7.14. The summed E-state index contributed by atoms with van der Waals surface area (Å²) in [7, 11) is 1.66. The van der Waals surface area contributed by atoms with Crippen LogP contribution in [0.25, 0.3) is 22.5 Å². The van der Waals surface area contributed by atoms with E-state index < -0.39 is 0 Å². The predicted octanol–water partition coefficient (Wildman–Crippen LogP) is 4.57. The number of rotatable bonds is 7. The van der Waals surface area contributed by atoms with Crippen LogP contribution in [0.1, 0.15) is 18.7 Å². The Morgan fingerprint density at radius 1 is 1.13 bits per heavy atom. The number of benzene rings is 2. The molecule has 2 aromatic carbocycles. The van der Waals surface area contributed by atoms with E-state index in [2.05, 4.69) is 19.7 Å². The van der Waals surface area contributed by atoms with Gasteiger partial charge in [-0.25, -0.2) is 4.98 Å². The van der Waals surface area contributed by atoms with E-state index >= 15 is 0 Å². The number of thioether (sulfide) groups is 1. The van der Waals surface area contributed by atoms with E-state index in [4.69, 9.17) is 13.9 Å². The van der Waals surface area contributed by atoms with Crippen molar-refractivity contribution in [2.75, 3.05) is 13.7 Å². The van der Waals surface area contributed by atoms with Crippen LogP contribution in [0.3, 0.4) is 0 Å². The van der Waals surface area contributed by atoms with Gasteiger partial charge in [-0.3, -0.25) is 4.57 Å². The Labute approximate surface area is 178 Å². The lowest BCUT2D eigenvalue weighted by Crippen LogP contribution is -2.16. The molecule has 0 N–H and O–H groups in total. The van der Waals surface area contributed by atoms with Crippen molar-refractivity contribution in [2.45, 2.75) is 36.4 Å². The minimum Gasteiger partial charge on any atom is -0.497 e. The van der Waals surface area contributed by atoms with E-state index in [1.165, 1.54) is 0 Å². The first-order chi connectivity index (χ1) is 14.8. The van der Waals surface area contributed by atoms with Crippen LogP contribution in [0.2, 0.25) is 0 Å². The third-order valence-electron chi connectivity index (χ3n) is 5.14. The highest BCUT2D eigenvalue weighted by Gasteiger charge is 2.22. The first-order valence-corrected chi connectivity index (χ1v) is 11.0. The van der Waals surface area contributed by atoms with Crippen molar-refractivity contribution >= 4 is 22.9 Å². The van der Waals surface area contributed by atoms with Gasteiger partial charge < -0.3 is 13.9 Å². The smallest absolute Gasteiger partial charge is 0.205 e. The summed E-state index contributed by atoms with van der Waals surface area (Å²) in [5.41, 5.74) is 2.66. The number of nitrogens with zero attached hydrogens (tertiary/aromatic N) is 4. The molecule has 0 saturated carbocycles. The molecule has 0 unspecified atom stereocenters. The zero-order valence-electron chi connectivity index (χ0n) is 16.7. The van der Waals surface area contributed by atoms with Gasteiger partial charge in [0.15, 0.2) is 16.6 Å². The van der Waals surface area contributed by atoms with Gasteiger partial charge in [-0.15, -0.1) is 10.2 Å². The van der Waals surface area contributed by atoms with Crippen molar-refractivity contribution < 1.29 is 13.9 Å². The van der Waals surface area contributed by atoms with Gasteiger partial charge in [0, 0.05) is 12.2 Å². The van der Waals surface area contributed by atoms with Gasteiger partial charge in [0.1, 0.15) is 11.3 Å². The molecular weight excluding hydrogens is 400 g/mol. The van der Waals surface area contributed by atoms with E-state index in [1.54, 1.807) is 18.9 Å². The van der Waals surface area contributed by atoms with Crippen molar-refractivity contribution in [2.24, 2.45) is 0 Å². The minimum absolute atomic E-state index is 0.182. The van der Waals surface area contributed by atoms with E-state index in [9.17, 15) is 0 Å². The Balaban J connectivity index is 1.41. The molecule has 0 spiro atoms. The topological polar surface area (TPSA) is 75.2 Å². The van der Waals surface area contributed by atoms with Gasteiger partial charge in [-0.2, -0.15) is 0 Å². The summed E-state index contributed by atoms with van der Waals surface area (Å²) < 4.78 is 19.1. The van der Waals surface area contributed by atoms with E-state index in [0.717, 1.165) is 59.4 Å². The Kier molecular flexibility index (Phi) is 5.42. The zero-order valence-corrected chi connectivity index (χ0v) is 17.5. The summed E-state index contributed by atoms with van der Waals surface area (Å²) in [5.74, 6) is 2.91. The first kappa shape index (κ1) is 19.1. The lowest BCUT2D eigenvalue weighted by molar-refractivity contribution is 0.0953.